The normalized spacial score (nSPS) is 19.3. The Kier molecular flexibility index (Phi) is 4.51. The molecular formula is C12H23N3O2. The Morgan fingerprint density at radius 2 is 2.12 bits per heavy atom. The van der Waals surface area contributed by atoms with Crippen molar-refractivity contribution in [3.05, 3.63) is 0 Å². The Morgan fingerprint density at radius 1 is 1.47 bits per heavy atom. The first kappa shape index (κ1) is 14.0. The van der Waals surface area contributed by atoms with Gasteiger partial charge in [0.15, 0.2) is 0 Å². The SMILES string of the molecule is CN(C)C(=O)CCCN1CCNC(C)(C)C1=O. The number of piperazine rings is 1. The van der Waals surface area contributed by atoms with Crippen molar-refractivity contribution in [1.82, 2.24) is 15.1 Å². The predicted molar refractivity (Wildman–Crippen MR) is 66.6 cm³/mol. The molecular weight excluding hydrogens is 218 g/mol. The summed E-state index contributed by atoms with van der Waals surface area (Å²) in [6.07, 6.45) is 1.24. The molecule has 1 N–H and O–H groups in total. The van der Waals surface area contributed by atoms with Gasteiger partial charge in [-0.3, -0.25) is 9.59 Å². The Balaban J connectivity index is 2.37. The second-order valence-electron chi connectivity index (χ2n) is 5.24. The highest BCUT2D eigenvalue weighted by atomic mass is 16.2. The zero-order chi connectivity index (χ0) is 13.1. The van der Waals surface area contributed by atoms with Crippen molar-refractivity contribution in [2.24, 2.45) is 0 Å². The first-order chi connectivity index (χ1) is 7.84. The third-order valence-electron chi connectivity index (χ3n) is 3.09. The quantitative estimate of drug-likeness (QED) is 0.757. The van der Waals surface area contributed by atoms with E-state index in [0.29, 0.717) is 13.0 Å². The molecule has 0 saturated carbocycles. The minimum atomic E-state index is -0.468. The first-order valence-electron chi connectivity index (χ1n) is 6.09. The van der Waals surface area contributed by atoms with Crippen LogP contribution in [0.15, 0.2) is 0 Å². The molecule has 98 valence electrons. The number of carbonyl (C=O) groups excluding carboxylic acids is 2. The fourth-order valence-corrected chi connectivity index (χ4v) is 1.93. The molecule has 0 aromatic heterocycles. The van der Waals surface area contributed by atoms with Crippen molar-refractivity contribution < 1.29 is 9.59 Å². The number of hydrogen-bond acceptors (Lipinski definition) is 3. The molecule has 0 radical (unpaired) electrons. The fraction of sp³-hybridized carbons (Fsp3) is 0.833. The predicted octanol–water partition coefficient (Wildman–Crippen LogP) is 0.0652. The molecule has 0 atom stereocenters. The summed E-state index contributed by atoms with van der Waals surface area (Å²) in [6.45, 7) is 6.02. The lowest BCUT2D eigenvalue weighted by Gasteiger charge is -2.38. The molecule has 0 aliphatic carbocycles. The van der Waals surface area contributed by atoms with E-state index >= 15 is 0 Å². The van der Waals surface area contributed by atoms with Gasteiger partial charge in [0.1, 0.15) is 0 Å². The van der Waals surface area contributed by atoms with E-state index in [9.17, 15) is 9.59 Å². The van der Waals surface area contributed by atoms with E-state index in [1.54, 1.807) is 19.0 Å². The zero-order valence-electron chi connectivity index (χ0n) is 11.2. The van der Waals surface area contributed by atoms with E-state index in [2.05, 4.69) is 5.32 Å². The van der Waals surface area contributed by atoms with E-state index < -0.39 is 5.54 Å². The van der Waals surface area contributed by atoms with E-state index in [0.717, 1.165) is 19.5 Å². The Morgan fingerprint density at radius 3 is 2.71 bits per heavy atom. The minimum Gasteiger partial charge on any atom is -0.349 e. The first-order valence-corrected chi connectivity index (χ1v) is 6.09. The van der Waals surface area contributed by atoms with Crippen molar-refractivity contribution >= 4 is 11.8 Å². The summed E-state index contributed by atoms with van der Waals surface area (Å²) in [7, 11) is 3.50. The molecule has 2 amide bonds. The maximum Gasteiger partial charge on any atom is 0.242 e. The maximum atomic E-state index is 12.0. The van der Waals surface area contributed by atoms with Gasteiger partial charge in [-0.1, -0.05) is 0 Å². The van der Waals surface area contributed by atoms with Gasteiger partial charge in [0.25, 0.3) is 0 Å². The number of nitrogens with zero attached hydrogens (tertiary/aromatic N) is 2. The van der Waals surface area contributed by atoms with Gasteiger partial charge in [-0.05, 0) is 20.3 Å². The van der Waals surface area contributed by atoms with Crippen molar-refractivity contribution in [2.45, 2.75) is 32.2 Å². The third-order valence-corrected chi connectivity index (χ3v) is 3.09. The molecule has 5 nitrogen and oxygen atoms in total. The molecule has 1 aliphatic rings. The van der Waals surface area contributed by atoms with E-state index in [-0.39, 0.29) is 11.8 Å². The van der Waals surface area contributed by atoms with E-state index in [1.165, 1.54) is 0 Å². The van der Waals surface area contributed by atoms with Crippen LogP contribution in [0.5, 0.6) is 0 Å². The summed E-state index contributed by atoms with van der Waals surface area (Å²) in [5.74, 6) is 0.243. The van der Waals surface area contributed by atoms with Crippen LogP contribution in [0.4, 0.5) is 0 Å². The van der Waals surface area contributed by atoms with Gasteiger partial charge in [-0.25, -0.2) is 0 Å². The molecule has 1 aliphatic heterocycles. The molecule has 0 aromatic carbocycles. The highest BCUT2D eigenvalue weighted by molar-refractivity contribution is 5.86. The Labute approximate surface area is 103 Å². The summed E-state index contributed by atoms with van der Waals surface area (Å²) < 4.78 is 0. The standard InChI is InChI=1S/C12H23N3O2/c1-12(2)11(17)15(9-7-13-12)8-5-6-10(16)14(3)4/h13H,5-9H2,1-4H3. The average Bonchev–Trinajstić information content (AvgIpc) is 2.23. The van der Waals surface area contributed by atoms with Crippen LogP contribution in [0.1, 0.15) is 26.7 Å². The smallest absolute Gasteiger partial charge is 0.242 e. The summed E-state index contributed by atoms with van der Waals surface area (Å²) >= 11 is 0. The number of amides is 2. The van der Waals surface area contributed by atoms with Crippen molar-refractivity contribution in [3.63, 3.8) is 0 Å². The van der Waals surface area contributed by atoms with Crippen LogP contribution in [0.2, 0.25) is 0 Å². The zero-order valence-corrected chi connectivity index (χ0v) is 11.2. The van der Waals surface area contributed by atoms with Crippen molar-refractivity contribution in [2.75, 3.05) is 33.7 Å². The van der Waals surface area contributed by atoms with Crippen LogP contribution < -0.4 is 5.32 Å². The van der Waals surface area contributed by atoms with Gasteiger partial charge in [-0.15, -0.1) is 0 Å². The highest BCUT2D eigenvalue weighted by Gasteiger charge is 2.34. The lowest BCUT2D eigenvalue weighted by molar-refractivity contribution is -0.140. The number of carbonyl (C=O) groups is 2. The summed E-state index contributed by atoms with van der Waals surface area (Å²) in [5, 5.41) is 3.19. The third kappa shape index (κ3) is 3.70. The molecule has 5 heteroatoms. The molecule has 0 spiro atoms. The molecule has 0 bridgehead atoms. The lowest BCUT2D eigenvalue weighted by atomic mass is 10.0. The summed E-state index contributed by atoms with van der Waals surface area (Å²) in [6, 6.07) is 0. The number of rotatable bonds is 4. The van der Waals surface area contributed by atoms with Gasteiger partial charge < -0.3 is 15.1 Å². The van der Waals surface area contributed by atoms with Crippen LogP contribution in [-0.2, 0) is 9.59 Å². The van der Waals surface area contributed by atoms with Crippen LogP contribution in [0.25, 0.3) is 0 Å². The van der Waals surface area contributed by atoms with Crippen LogP contribution in [0, 0.1) is 0 Å². The topological polar surface area (TPSA) is 52.7 Å². The van der Waals surface area contributed by atoms with E-state index in [4.69, 9.17) is 0 Å². The van der Waals surface area contributed by atoms with Gasteiger partial charge in [0.05, 0.1) is 5.54 Å². The Bertz CT molecular complexity index is 300. The minimum absolute atomic E-state index is 0.117. The molecule has 1 heterocycles. The second-order valence-corrected chi connectivity index (χ2v) is 5.24. The second kappa shape index (κ2) is 5.49. The fourth-order valence-electron chi connectivity index (χ4n) is 1.93. The highest BCUT2D eigenvalue weighted by Crippen LogP contribution is 2.13. The summed E-state index contributed by atoms with van der Waals surface area (Å²) in [5.41, 5.74) is -0.468. The van der Waals surface area contributed by atoms with Gasteiger partial charge >= 0.3 is 0 Å². The number of nitrogens with one attached hydrogen (secondary N) is 1. The average molecular weight is 241 g/mol. The number of hydrogen-bond donors (Lipinski definition) is 1. The lowest BCUT2D eigenvalue weighted by Crippen LogP contribution is -2.61. The Hall–Kier alpha value is -1.10. The van der Waals surface area contributed by atoms with Gasteiger partial charge in [0.2, 0.25) is 11.8 Å². The molecule has 1 fully saturated rings. The van der Waals surface area contributed by atoms with Crippen LogP contribution >= 0.6 is 0 Å². The van der Waals surface area contributed by atoms with Gasteiger partial charge in [-0.2, -0.15) is 0 Å². The van der Waals surface area contributed by atoms with E-state index in [1.807, 2.05) is 18.7 Å². The molecule has 0 unspecified atom stereocenters. The molecule has 17 heavy (non-hydrogen) atoms. The van der Waals surface area contributed by atoms with Crippen molar-refractivity contribution in [1.29, 1.82) is 0 Å². The molecule has 1 saturated heterocycles. The molecule has 1 rings (SSSR count). The van der Waals surface area contributed by atoms with Crippen molar-refractivity contribution in [3.8, 4) is 0 Å². The summed E-state index contributed by atoms with van der Waals surface area (Å²) in [4.78, 5) is 26.9. The maximum absolute atomic E-state index is 12.0. The largest absolute Gasteiger partial charge is 0.349 e. The van der Waals surface area contributed by atoms with Crippen LogP contribution in [-0.4, -0.2) is 60.9 Å². The van der Waals surface area contributed by atoms with Crippen LogP contribution in [0.3, 0.4) is 0 Å². The monoisotopic (exact) mass is 241 g/mol. The van der Waals surface area contributed by atoms with Gasteiger partial charge in [0, 0.05) is 40.2 Å². The molecule has 0 aromatic rings.